The summed E-state index contributed by atoms with van der Waals surface area (Å²) in [5.74, 6) is 2.99. The van der Waals surface area contributed by atoms with Crippen molar-refractivity contribution in [1.82, 2.24) is 5.32 Å². The van der Waals surface area contributed by atoms with Gasteiger partial charge in [-0.1, -0.05) is 13.8 Å². The molecule has 0 aliphatic heterocycles. The van der Waals surface area contributed by atoms with Gasteiger partial charge in [-0.15, -0.1) is 12.3 Å². The third-order valence-electron chi connectivity index (χ3n) is 2.25. The molecule has 0 fully saturated rings. The Morgan fingerprint density at radius 3 is 2.69 bits per heavy atom. The first kappa shape index (κ1) is 15.0. The van der Waals surface area contributed by atoms with E-state index < -0.39 is 6.10 Å². The van der Waals surface area contributed by atoms with Crippen LogP contribution in [0, 0.1) is 18.3 Å². The minimum atomic E-state index is -0.436. The molecular weight excluding hydrogens is 202 g/mol. The Labute approximate surface area is 98.6 Å². The van der Waals surface area contributed by atoms with E-state index in [-0.39, 0.29) is 5.91 Å². The fourth-order valence-electron chi connectivity index (χ4n) is 1.46. The van der Waals surface area contributed by atoms with Crippen molar-refractivity contribution in [3.63, 3.8) is 0 Å². The predicted molar refractivity (Wildman–Crippen MR) is 65.8 cm³/mol. The van der Waals surface area contributed by atoms with E-state index in [4.69, 9.17) is 6.42 Å². The molecular formula is C13H23NO2. The van der Waals surface area contributed by atoms with Gasteiger partial charge in [0, 0.05) is 19.4 Å². The van der Waals surface area contributed by atoms with Crippen LogP contribution in [0.5, 0.6) is 0 Å². The molecule has 0 saturated carbocycles. The van der Waals surface area contributed by atoms with Gasteiger partial charge in [0.15, 0.2) is 0 Å². The maximum Gasteiger partial charge on any atom is 0.220 e. The highest BCUT2D eigenvalue weighted by Crippen LogP contribution is 2.03. The fourth-order valence-corrected chi connectivity index (χ4v) is 1.46. The second-order valence-electron chi connectivity index (χ2n) is 4.50. The number of carbonyl (C=O) groups is 1. The summed E-state index contributed by atoms with van der Waals surface area (Å²) in [7, 11) is 0. The molecule has 1 amide bonds. The van der Waals surface area contributed by atoms with Crippen LogP contribution < -0.4 is 5.32 Å². The smallest absolute Gasteiger partial charge is 0.220 e. The topological polar surface area (TPSA) is 49.3 Å². The molecule has 0 aromatic heterocycles. The molecule has 3 nitrogen and oxygen atoms in total. The van der Waals surface area contributed by atoms with Gasteiger partial charge in [-0.2, -0.15) is 0 Å². The Morgan fingerprint density at radius 2 is 2.12 bits per heavy atom. The fraction of sp³-hybridized carbons (Fsp3) is 0.769. The number of aliphatic hydroxyl groups is 1. The molecule has 3 heteroatoms. The molecule has 0 saturated heterocycles. The average Bonchev–Trinajstić information content (AvgIpc) is 2.20. The van der Waals surface area contributed by atoms with Crippen LogP contribution in [0.4, 0.5) is 0 Å². The SMILES string of the molecule is C#CCCCCC(=O)NCC(O)CC(C)C. The van der Waals surface area contributed by atoms with Crippen LogP contribution >= 0.6 is 0 Å². The molecule has 0 aromatic rings. The number of terminal acetylenes is 1. The monoisotopic (exact) mass is 225 g/mol. The number of carbonyl (C=O) groups excluding carboxylic acids is 1. The van der Waals surface area contributed by atoms with Gasteiger partial charge < -0.3 is 10.4 Å². The quantitative estimate of drug-likeness (QED) is 0.488. The van der Waals surface area contributed by atoms with Crippen LogP contribution in [0.25, 0.3) is 0 Å². The number of hydrogen-bond acceptors (Lipinski definition) is 2. The van der Waals surface area contributed by atoms with E-state index in [9.17, 15) is 9.90 Å². The maximum atomic E-state index is 11.3. The van der Waals surface area contributed by atoms with Crippen LogP contribution in [-0.4, -0.2) is 23.7 Å². The zero-order chi connectivity index (χ0) is 12.4. The molecule has 0 rings (SSSR count). The van der Waals surface area contributed by atoms with Crippen molar-refractivity contribution >= 4 is 5.91 Å². The summed E-state index contributed by atoms with van der Waals surface area (Å²) in [5, 5.41) is 12.3. The summed E-state index contributed by atoms with van der Waals surface area (Å²) in [5.41, 5.74) is 0. The van der Waals surface area contributed by atoms with E-state index in [2.05, 4.69) is 11.2 Å². The molecule has 16 heavy (non-hydrogen) atoms. The van der Waals surface area contributed by atoms with E-state index >= 15 is 0 Å². The van der Waals surface area contributed by atoms with Gasteiger partial charge in [0.05, 0.1) is 6.10 Å². The van der Waals surface area contributed by atoms with Gasteiger partial charge >= 0.3 is 0 Å². The minimum Gasteiger partial charge on any atom is -0.391 e. The largest absolute Gasteiger partial charge is 0.391 e. The van der Waals surface area contributed by atoms with Crippen molar-refractivity contribution < 1.29 is 9.90 Å². The van der Waals surface area contributed by atoms with Crippen molar-refractivity contribution in [1.29, 1.82) is 0 Å². The van der Waals surface area contributed by atoms with Crippen molar-refractivity contribution in [3.8, 4) is 12.3 Å². The molecule has 0 aliphatic carbocycles. The summed E-state index contributed by atoms with van der Waals surface area (Å²) in [4.78, 5) is 11.3. The van der Waals surface area contributed by atoms with Gasteiger partial charge in [0.2, 0.25) is 5.91 Å². The molecule has 0 radical (unpaired) electrons. The van der Waals surface area contributed by atoms with E-state index in [1.54, 1.807) is 0 Å². The Kier molecular flexibility index (Phi) is 8.65. The minimum absolute atomic E-state index is 0.000160. The van der Waals surface area contributed by atoms with Gasteiger partial charge in [-0.05, 0) is 25.2 Å². The lowest BCUT2D eigenvalue weighted by Gasteiger charge is -2.13. The molecule has 1 unspecified atom stereocenters. The molecule has 0 spiro atoms. The van der Waals surface area contributed by atoms with Crippen molar-refractivity contribution in [2.75, 3.05) is 6.54 Å². The molecule has 0 aliphatic rings. The van der Waals surface area contributed by atoms with Crippen molar-refractivity contribution in [3.05, 3.63) is 0 Å². The zero-order valence-electron chi connectivity index (χ0n) is 10.3. The predicted octanol–water partition coefficient (Wildman–Crippen LogP) is 1.70. The second kappa shape index (κ2) is 9.23. The standard InChI is InChI=1S/C13H23NO2/c1-4-5-6-7-8-13(16)14-10-12(15)9-11(2)3/h1,11-12,15H,5-10H2,2-3H3,(H,14,16). The first-order chi connectivity index (χ1) is 7.56. The summed E-state index contributed by atoms with van der Waals surface area (Å²) in [6.07, 6.45) is 8.32. The summed E-state index contributed by atoms with van der Waals surface area (Å²) in [6, 6.07) is 0. The molecule has 0 bridgehead atoms. The van der Waals surface area contributed by atoms with Crippen LogP contribution in [0.1, 0.15) is 46.0 Å². The Hall–Kier alpha value is -1.01. The summed E-state index contributed by atoms with van der Waals surface area (Å²) >= 11 is 0. The Morgan fingerprint density at radius 1 is 1.44 bits per heavy atom. The Bertz CT molecular complexity index is 231. The first-order valence-electron chi connectivity index (χ1n) is 5.94. The van der Waals surface area contributed by atoms with Gasteiger partial charge in [-0.3, -0.25) is 4.79 Å². The molecule has 92 valence electrons. The summed E-state index contributed by atoms with van der Waals surface area (Å²) < 4.78 is 0. The lowest BCUT2D eigenvalue weighted by molar-refractivity contribution is -0.121. The second-order valence-corrected chi connectivity index (χ2v) is 4.50. The number of rotatable bonds is 8. The number of aliphatic hydroxyl groups excluding tert-OH is 1. The number of unbranched alkanes of at least 4 members (excludes halogenated alkanes) is 2. The van der Waals surface area contributed by atoms with Crippen LogP contribution in [0.2, 0.25) is 0 Å². The van der Waals surface area contributed by atoms with Crippen LogP contribution in [0.3, 0.4) is 0 Å². The van der Waals surface area contributed by atoms with Crippen molar-refractivity contribution in [2.45, 2.75) is 52.1 Å². The van der Waals surface area contributed by atoms with Crippen molar-refractivity contribution in [2.24, 2.45) is 5.92 Å². The van der Waals surface area contributed by atoms with Gasteiger partial charge in [0.25, 0.3) is 0 Å². The number of amides is 1. The zero-order valence-corrected chi connectivity index (χ0v) is 10.3. The maximum absolute atomic E-state index is 11.3. The van der Waals surface area contributed by atoms with E-state index in [0.717, 1.165) is 25.7 Å². The summed E-state index contributed by atoms with van der Waals surface area (Å²) in [6.45, 7) is 4.45. The van der Waals surface area contributed by atoms with E-state index in [1.807, 2.05) is 13.8 Å². The molecule has 2 N–H and O–H groups in total. The number of nitrogens with one attached hydrogen (secondary N) is 1. The molecule has 0 aromatic carbocycles. The average molecular weight is 225 g/mol. The first-order valence-corrected chi connectivity index (χ1v) is 5.94. The molecule has 1 atom stereocenters. The molecule has 0 heterocycles. The van der Waals surface area contributed by atoms with E-state index in [1.165, 1.54) is 0 Å². The van der Waals surface area contributed by atoms with E-state index in [0.29, 0.717) is 18.9 Å². The van der Waals surface area contributed by atoms with Crippen LogP contribution in [0.15, 0.2) is 0 Å². The normalized spacial score (nSPS) is 12.2. The highest BCUT2D eigenvalue weighted by atomic mass is 16.3. The van der Waals surface area contributed by atoms with Gasteiger partial charge in [-0.25, -0.2) is 0 Å². The van der Waals surface area contributed by atoms with Crippen LogP contribution in [-0.2, 0) is 4.79 Å². The van der Waals surface area contributed by atoms with Gasteiger partial charge in [0.1, 0.15) is 0 Å². The third kappa shape index (κ3) is 9.54. The highest BCUT2D eigenvalue weighted by molar-refractivity contribution is 5.75. The highest BCUT2D eigenvalue weighted by Gasteiger charge is 2.08. The lowest BCUT2D eigenvalue weighted by Crippen LogP contribution is -2.32. The Balaban J connectivity index is 3.46. The number of hydrogen-bond donors (Lipinski definition) is 2. The lowest BCUT2D eigenvalue weighted by atomic mass is 10.1. The third-order valence-corrected chi connectivity index (χ3v) is 2.25.